The molecule has 1 fully saturated rings. The quantitative estimate of drug-likeness (QED) is 0.807. The third kappa shape index (κ3) is 5.46. The summed E-state index contributed by atoms with van der Waals surface area (Å²) in [5, 5.41) is 5.06. The number of nitrogens with zero attached hydrogens (tertiary/aromatic N) is 1. The third-order valence-electron chi connectivity index (χ3n) is 3.28. The maximum Gasteiger partial charge on any atom is 0.321 e. The highest BCUT2D eigenvalue weighted by Gasteiger charge is 2.29. The molecule has 0 bridgehead atoms. The maximum atomic E-state index is 12.1. The van der Waals surface area contributed by atoms with E-state index in [1.807, 2.05) is 39.5 Å². The van der Waals surface area contributed by atoms with Crippen LogP contribution in [0.25, 0.3) is 0 Å². The average molecular weight is 285 g/mol. The van der Waals surface area contributed by atoms with Crippen LogP contribution < -0.4 is 10.6 Å². The van der Waals surface area contributed by atoms with Gasteiger partial charge in [0.25, 0.3) is 0 Å². The van der Waals surface area contributed by atoms with Gasteiger partial charge in [-0.2, -0.15) is 0 Å². The SMILES string of the molecule is CC(C)CNC(=O)NC(=O)[C@@H](C)N1C[C@@H](C)O[C@@H](C)C1. The van der Waals surface area contributed by atoms with E-state index >= 15 is 0 Å². The lowest BCUT2D eigenvalue weighted by atomic mass is 10.1. The van der Waals surface area contributed by atoms with Crippen molar-refractivity contribution in [3.8, 4) is 0 Å². The van der Waals surface area contributed by atoms with Crippen molar-refractivity contribution in [1.82, 2.24) is 15.5 Å². The molecule has 0 aromatic rings. The fourth-order valence-electron chi connectivity index (χ4n) is 2.26. The van der Waals surface area contributed by atoms with Crippen LogP contribution >= 0.6 is 0 Å². The van der Waals surface area contributed by atoms with Crippen LogP contribution in [0.4, 0.5) is 4.79 Å². The van der Waals surface area contributed by atoms with Gasteiger partial charge in [0, 0.05) is 19.6 Å². The molecule has 0 spiro atoms. The summed E-state index contributed by atoms with van der Waals surface area (Å²) in [4.78, 5) is 25.7. The summed E-state index contributed by atoms with van der Waals surface area (Å²) in [5.74, 6) is 0.0850. The second-order valence-corrected chi connectivity index (χ2v) is 5.98. The molecule has 1 aliphatic heterocycles. The molecule has 1 rings (SSSR count). The van der Waals surface area contributed by atoms with Crippen LogP contribution in [0.1, 0.15) is 34.6 Å². The monoisotopic (exact) mass is 285 g/mol. The normalized spacial score (nSPS) is 25.3. The first kappa shape index (κ1) is 16.9. The first-order valence-electron chi connectivity index (χ1n) is 7.27. The van der Waals surface area contributed by atoms with Crippen LogP contribution in [-0.2, 0) is 9.53 Å². The van der Waals surface area contributed by atoms with E-state index in [2.05, 4.69) is 10.6 Å². The molecule has 1 saturated heterocycles. The zero-order chi connectivity index (χ0) is 15.3. The van der Waals surface area contributed by atoms with Crippen LogP contribution in [-0.4, -0.2) is 54.7 Å². The Morgan fingerprint density at radius 2 is 1.75 bits per heavy atom. The number of carbonyl (C=O) groups excluding carboxylic acids is 2. The average Bonchev–Trinajstić information content (AvgIpc) is 2.34. The van der Waals surface area contributed by atoms with Gasteiger partial charge in [0.05, 0.1) is 18.2 Å². The van der Waals surface area contributed by atoms with Crippen molar-refractivity contribution >= 4 is 11.9 Å². The Bertz CT molecular complexity index is 337. The number of urea groups is 1. The van der Waals surface area contributed by atoms with Crippen molar-refractivity contribution < 1.29 is 14.3 Å². The minimum atomic E-state index is -0.426. The van der Waals surface area contributed by atoms with E-state index in [4.69, 9.17) is 4.74 Å². The Balaban J connectivity index is 2.43. The first-order chi connectivity index (χ1) is 9.29. The lowest BCUT2D eigenvalue weighted by Crippen LogP contribution is -2.55. The van der Waals surface area contributed by atoms with Gasteiger partial charge in [-0.3, -0.25) is 15.0 Å². The fraction of sp³-hybridized carbons (Fsp3) is 0.857. The number of carbonyl (C=O) groups is 2. The van der Waals surface area contributed by atoms with Crippen molar-refractivity contribution in [2.75, 3.05) is 19.6 Å². The standard InChI is InChI=1S/C14H27N3O3/c1-9(2)6-15-14(19)16-13(18)12(5)17-7-10(3)20-11(4)8-17/h9-12H,6-8H2,1-5H3,(H2,15,16,18,19)/t10-,11+,12-/m1/s1. The Morgan fingerprint density at radius 3 is 2.25 bits per heavy atom. The van der Waals surface area contributed by atoms with Crippen LogP contribution in [0.15, 0.2) is 0 Å². The largest absolute Gasteiger partial charge is 0.373 e. The van der Waals surface area contributed by atoms with Crippen molar-refractivity contribution in [3.05, 3.63) is 0 Å². The van der Waals surface area contributed by atoms with Crippen LogP contribution in [0, 0.1) is 5.92 Å². The summed E-state index contributed by atoms with van der Waals surface area (Å²) >= 11 is 0. The van der Waals surface area contributed by atoms with E-state index in [9.17, 15) is 9.59 Å². The maximum absolute atomic E-state index is 12.1. The lowest BCUT2D eigenvalue weighted by molar-refractivity contribution is -0.130. The summed E-state index contributed by atoms with van der Waals surface area (Å²) in [6.07, 6.45) is 0.201. The molecule has 1 aliphatic rings. The molecule has 116 valence electrons. The number of ether oxygens (including phenoxy) is 1. The molecule has 0 radical (unpaired) electrons. The van der Waals surface area contributed by atoms with E-state index in [1.165, 1.54) is 0 Å². The summed E-state index contributed by atoms with van der Waals surface area (Å²) in [6, 6.07) is -0.765. The molecule has 0 aromatic heterocycles. The number of imide groups is 1. The molecule has 0 unspecified atom stereocenters. The van der Waals surface area contributed by atoms with Gasteiger partial charge in [-0.05, 0) is 26.7 Å². The Labute approximate surface area is 121 Å². The number of hydrogen-bond donors (Lipinski definition) is 2. The van der Waals surface area contributed by atoms with Crippen molar-refractivity contribution in [3.63, 3.8) is 0 Å². The summed E-state index contributed by atoms with van der Waals surface area (Å²) in [7, 11) is 0. The molecule has 6 nitrogen and oxygen atoms in total. The molecule has 0 aromatic carbocycles. The van der Waals surface area contributed by atoms with Gasteiger partial charge in [-0.15, -0.1) is 0 Å². The molecular formula is C14H27N3O3. The van der Waals surface area contributed by atoms with Crippen LogP contribution in [0.5, 0.6) is 0 Å². The zero-order valence-corrected chi connectivity index (χ0v) is 13.1. The molecule has 0 aliphatic carbocycles. The highest BCUT2D eigenvalue weighted by molar-refractivity contribution is 5.96. The van der Waals surface area contributed by atoms with Gasteiger partial charge in [-0.25, -0.2) is 4.79 Å². The molecule has 3 atom stereocenters. The molecule has 3 amide bonds. The number of rotatable bonds is 4. The van der Waals surface area contributed by atoms with E-state index < -0.39 is 6.03 Å². The minimum Gasteiger partial charge on any atom is -0.373 e. The highest BCUT2D eigenvalue weighted by Crippen LogP contribution is 2.13. The smallest absolute Gasteiger partial charge is 0.321 e. The van der Waals surface area contributed by atoms with E-state index in [0.717, 1.165) is 0 Å². The number of nitrogens with one attached hydrogen (secondary N) is 2. The van der Waals surface area contributed by atoms with Crippen molar-refractivity contribution in [2.45, 2.75) is 52.9 Å². The number of morpholine rings is 1. The van der Waals surface area contributed by atoms with Crippen molar-refractivity contribution in [2.24, 2.45) is 5.92 Å². The predicted octanol–water partition coefficient (Wildman–Crippen LogP) is 0.966. The summed E-state index contributed by atoms with van der Waals surface area (Å²) in [5.41, 5.74) is 0. The first-order valence-corrected chi connectivity index (χ1v) is 7.27. The van der Waals surface area contributed by atoms with Gasteiger partial charge < -0.3 is 10.1 Å². The van der Waals surface area contributed by atoms with E-state index in [0.29, 0.717) is 25.6 Å². The van der Waals surface area contributed by atoms with Gasteiger partial charge in [-0.1, -0.05) is 13.8 Å². The topological polar surface area (TPSA) is 70.7 Å². The minimum absolute atomic E-state index is 0.101. The molecule has 20 heavy (non-hydrogen) atoms. The fourth-order valence-corrected chi connectivity index (χ4v) is 2.26. The van der Waals surface area contributed by atoms with Gasteiger partial charge in [0.15, 0.2) is 0 Å². The zero-order valence-electron chi connectivity index (χ0n) is 13.1. The number of amides is 3. The van der Waals surface area contributed by atoms with E-state index in [1.54, 1.807) is 0 Å². The second-order valence-electron chi connectivity index (χ2n) is 5.98. The van der Waals surface area contributed by atoms with Crippen molar-refractivity contribution in [1.29, 1.82) is 0 Å². The van der Waals surface area contributed by atoms with Crippen LogP contribution in [0.3, 0.4) is 0 Å². The second kappa shape index (κ2) is 7.59. The summed E-state index contributed by atoms with van der Waals surface area (Å²) < 4.78 is 5.64. The lowest BCUT2D eigenvalue weighted by Gasteiger charge is -2.38. The number of hydrogen-bond acceptors (Lipinski definition) is 4. The highest BCUT2D eigenvalue weighted by atomic mass is 16.5. The molecule has 2 N–H and O–H groups in total. The predicted molar refractivity (Wildman–Crippen MR) is 77.4 cm³/mol. The molecule has 6 heteroatoms. The van der Waals surface area contributed by atoms with Gasteiger partial charge in [0.1, 0.15) is 0 Å². The van der Waals surface area contributed by atoms with E-state index in [-0.39, 0.29) is 24.2 Å². The van der Waals surface area contributed by atoms with Gasteiger partial charge in [0.2, 0.25) is 5.91 Å². The Morgan fingerprint density at radius 1 is 1.20 bits per heavy atom. The molecule has 1 heterocycles. The van der Waals surface area contributed by atoms with Gasteiger partial charge >= 0.3 is 6.03 Å². The third-order valence-corrected chi connectivity index (χ3v) is 3.28. The Hall–Kier alpha value is -1.14. The molecule has 0 saturated carbocycles. The Kier molecular flexibility index (Phi) is 6.42. The molecular weight excluding hydrogens is 258 g/mol. The van der Waals surface area contributed by atoms with Crippen LogP contribution in [0.2, 0.25) is 0 Å². The summed E-state index contributed by atoms with van der Waals surface area (Å²) in [6.45, 7) is 11.8.